The first-order valence-corrected chi connectivity index (χ1v) is 8.42. The normalized spacial score (nSPS) is 11.7. The lowest BCUT2D eigenvalue weighted by Crippen LogP contribution is -2.37. The van der Waals surface area contributed by atoms with Gasteiger partial charge in [0, 0.05) is 6.54 Å². The molecule has 0 saturated heterocycles. The molecule has 0 aromatic heterocycles. The van der Waals surface area contributed by atoms with Gasteiger partial charge in [-0.15, -0.1) is 0 Å². The number of benzene rings is 2. The molecule has 1 amide bonds. The van der Waals surface area contributed by atoms with E-state index in [9.17, 15) is 9.90 Å². The average molecular weight is 359 g/mol. The lowest BCUT2D eigenvalue weighted by atomic mass is 10.2. The van der Waals surface area contributed by atoms with Gasteiger partial charge in [0.2, 0.25) is 0 Å². The molecule has 2 N–H and O–H groups in total. The number of aliphatic hydroxyl groups excluding tert-OH is 1. The van der Waals surface area contributed by atoms with Crippen molar-refractivity contribution in [3.8, 4) is 11.5 Å². The van der Waals surface area contributed by atoms with Crippen LogP contribution in [-0.2, 0) is 16.1 Å². The van der Waals surface area contributed by atoms with Crippen molar-refractivity contribution in [2.45, 2.75) is 19.6 Å². The molecule has 2 aromatic carbocycles. The summed E-state index contributed by atoms with van der Waals surface area (Å²) in [6, 6.07) is 15.0. The highest BCUT2D eigenvalue weighted by atomic mass is 16.5. The van der Waals surface area contributed by atoms with E-state index in [0.717, 1.165) is 16.9 Å². The molecule has 6 heteroatoms. The summed E-state index contributed by atoms with van der Waals surface area (Å²) in [5.74, 6) is 1.16. The van der Waals surface area contributed by atoms with Gasteiger partial charge in [0.05, 0.1) is 26.4 Å². The summed E-state index contributed by atoms with van der Waals surface area (Å²) in [5.41, 5.74) is 1.95. The first kappa shape index (κ1) is 19.8. The van der Waals surface area contributed by atoms with Crippen LogP contribution in [0.2, 0.25) is 0 Å². The van der Waals surface area contributed by atoms with Crippen LogP contribution in [-0.4, -0.2) is 44.0 Å². The fraction of sp³-hybridized carbons (Fsp3) is 0.350. The van der Waals surface area contributed by atoms with Crippen molar-refractivity contribution in [2.24, 2.45) is 0 Å². The van der Waals surface area contributed by atoms with Crippen molar-refractivity contribution in [3.63, 3.8) is 0 Å². The Morgan fingerprint density at radius 2 is 1.88 bits per heavy atom. The molecule has 0 saturated carbocycles. The SMILES string of the molecule is COc1ccc(COC[C@H](O)CNC(=O)COc2ccccc2C)cc1. The van der Waals surface area contributed by atoms with Crippen LogP contribution < -0.4 is 14.8 Å². The van der Waals surface area contributed by atoms with Gasteiger partial charge < -0.3 is 24.6 Å². The van der Waals surface area contributed by atoms with Gasteiger partial charge in [-0.05, 0) is 36.2 Å². The van der Waals surface area contributed by atoms with Gasteiger partial charge in [-0.1, -0.05) is 30.3 Å². The van der Waals surface area contributed by atoms with E-state index in [0.29, 0.717) is 12.4 Å². The molecule has 1 atom stereocenters. The lowest BCUT2D eigenvalue weighted by Gasteiger charge is -2.13. The molecule has 0 fully saturated rings. The summed E-state index contributed by atoms with van der Waals surface area (Å²) in [6.07, 6.45) is -0.782. The van der Waals surface area contributed by atoms with Gasteiger partial charge in [0.25, 0.3) is 5.91 Å². The molecule has 6 nitrogen and oxygen atoms in total. The maximum Gasteiger partial charge on any atom is 0.258 e. The summed E-state index contributed by atoms with van der Waals surface area (Å²) in [6.45, 7) is 2.44. The van der Waals surface area contributed by atoms with Crippen LogP contribution in [0, 0.1) is 6.92 Å². The Hall–Kier alpha value is -2.57. The van der Waals surface area contributed by atoms with E-state index in [1.165, 1.54) is 0 Å². The van der Waals surface area contributed by atoms with Crippen LogP contribution in [0.4, 0.5) is 0 Å². The Morgan fingerprint density at radius 3 is 2.58 bits per heavy atom. The second-order valence-corrected chi connectivity index (χ2v) is 5.88. The Morgan fingerprint density at radius 1 is 1.15 bits per heavy atom. The summed E-state index contributed by atoms with van der Waals surface area (Å²) in [7, 11) is 1.61. The molecule has 0 aliphatic heterocycles. The number of hydrogen-bond acceptors (Lipinski definition) is 5. The Labute approximate surface area is 153 Å². The Balaban J connectivity index is 1.60. The number of para-hydroxylation sites is 1. The third-order valence-electron chi connectivity index (χ3n) is 3.73. The summed E-state index contributed by atoms with van der Waals surface area (Å²) < 4.78 is 16.0. The highest BCUT2D eigenvalue weighted by Gasteiger charge is 2.09. The van der Waals surface area contributed by atoms with Crippen LogP contribution in [0.5, 0.6) is 11.5 Å². The first-order chi connectivity index (χ1) is 12.6. The van der Waals surface area contributed by atoms with Crippen LogP contribution in [0.1, 0.15) is 11.1 Å². The second kappa shape index (κ2) is 10.4. The molecule has 0 aliphatic carbocycles. The molecule has 2 rings (SSSR count). The molecular formula is C20H25NO5. The van der Waals surface area contributed by atoms with Gasteiger partial charge in [-0.3, -0.25) is 4.79 Å². The van der Waals surface area contributed by atoms with E-state index in [1.54, 1.807) is 7.11 Å². The minimum absolute atomic E-state index is 0.0930. The predicted molar refractivity (Wildman–Crippen MR) is 98.3 cm³/mol. The molecule has 0 radical (unpaired) electrons. The number of carbonyl (C=O) groups excluding carboxylic acids is 1. The van der Waals surface area contributed by atoms with Crippen molar-refractivity contribution in [2.75, 3.05) is 26.9 Å². The smallest absolute Gasteiger partial charge is 0.258 e. The predicted octanol–water partition coefficient (Wildman–Crippen LogP) is 2.08. The zero-order valence-electron chi connectivity index (χ0n) is 15.1. The highest BCUT2D eigenvalue weighted by Crippen LogP contribution is 2.15. The molecule has 0 bridgehead atoms. The van der Waals surface area contributed by atoms with E-state index in [2.05, 4.69) is 5.32 Å². The summed E-state index contributed by atoms with van der Waals surface area (Å²) in [5, 5.41) is 12.5. The number of rotatable bonds is 10. The Kier molecular flexibility index (Phi) is 7.92. The topological polar surface area (TPSA) is 77.0 Å². The standard InChI is InChI=1S/C20H25NO5/c1-15-5-3-4-6-19(15)26-14-20(23)21-11-17(22)13-25-12-16-7-9-18(24-2)10-8-16/h3-10,17,22H,11-14H2,1-2H3,(H,21,23)/t17-/m1/s1. The highest BCUT2D eigenvalue weighted by molar-refractivity contribution is 5.77. The van der Waals surface area contributed by atoms with E-state index in [-0.39, 0.29) is 25.7 Å². The molecule has 140 valence electrons. The van der Waals surface area contributed by atoms with E-state index in [4.69, 9.17) is 14.2 Å². The summed E-state index contributed by atoms with van der Waals surface area (Å²) >= 11 is 0. The van der Waals surface area contributed by atoms with E-state index >= 15 is 0 Å². The molecule has 0 unspecified atom stereocenters. The van der Waals surface area contributed by atoms with E-state index < -0.39 is 6.10 Å². The molecule has 0 heterocycles. The van der Waals surface area contributed by atoms with Gasteiger partial charge in [-0.2, -0.15) is 0 Å². The van der Waals surface area contributed by atoms with Crippen LogP contribution >= 0.6 is 0 Å². The largest absolute Gasteiger partial charge is 0.497 e. The minimum atomic E-state index is -0.782. The third-order valence-corrected chi connectivity index (χ3v) is 3.73. The monoisotopic (exact) mass is 359 g/mol. The van der Waals surface area contributed by atoms with Crippen LogP contribution in [0.15, 0.2) is 48.5 Å². The summed E-state index contributed by atoms with van der Waals surface area (Å²) in [4.78, 5) is 11.8. The van der Waals surface area contributed by atoms with Gasteiger partial charge in [0.1, 0.15) is 11.5 Å². The minimum Gasteiger partial charge on any atom is -0.497 e. The fourth-order valence-corrected chi connectivity index (χ4v) is 2.24. The van der Waals surface area contributed by atoms with Crippen LogP contribution in [0.3, 0.4) is 0 Å². The molecule has 26 heavy (non-hydrogen) atoms. The second-order valence-electron chi connectivity index (χ2n) is 5.88. The Bertz CT molecular complexity index is 687. The zero-order valence-corrected chi connectivity index (χ0v) is 15.1. The molecule has 2 aromatic rings. The van der Waals surface area contributed by atoms with Gasteiger partial charge in [0.15, 0.2) is 6.61 Å². The quantitative estimate of drug-likeness (QED) is 0.679. The lowest BCUT2D eigenvalue weighted by molar-refractivity contribution is -0.123. The molecular weight excluding hydrogens is 334 g/mol. The molecule has 0 spiro atoms. The zero-order chi connectivity index (χ0) is 18.8. The number of methoxy groups -OCH3 is 1. The van der Waals surface area contributed by atoms with Crippen molar-refractivity contribution < 1.29 is 24.1 Å². The van der Waals surface area contributed by atoms with Crippen molar-refractivity contribution >= 4 is 5.91 Å². The maximum absolute atomic E-state index is 11.8. The maximum atomic E-state index is 11.8. The number of amides is 1. The average Bonchev–Trinajstić information content (AvgIpc) is 2.66. The fourth-order valence-electron chi connectivity index (χ4n) is 2.24. The van der Waals surface area contributed by atoms with Crippen molar-refractivity contribution in [1.82, 2.24) is 5.32 Å². The first-order valence-electron chi connectivity index (χ1n) is 8.42. The number of nitrogens with one attached hydrogen (secondary N) is 1. The van der Waals surface area contributed by atoms with Gasteiger partial charge in [-0.25, -0.2) is 0 Å². The van der Waals surface area contributed by atoms with Crippen molar-refractivity contribution in [3.05, 3.63) is 59.7 Å². The number of ether oxygens (including phenoxy) is 3. The third kappa shape index (κ3) is 6.74. The van der Waals surface area contributed by atoms with Gasteiger partial charge >= 0.3 is 0 Å². The van der Waals surface area contributed by atoms with Crippen molar-refractivity contribution in [1.29, 1.82) is 0 Å². The number of aryl methyl sites for hydroxylation is 1. The number of hydrogen-bond donors (Lipinski definition) is 2. The van der Waals surface area contributed by atoms with E-state index in [1.807, 2.05) is 55.5 Å². The molecule has 0 aliphatic rings. The number of carbonyl (C=O) groups is 1. The number of aliphatic hydroxyl groups is 1. The van der Waals surface area contributed by atoms with Crippen LogP contribution in [0.25, 0.3) is 0 Å².